The molecule has 4 rings (SSSR count). The van der Waals surface area contributed by atoms with Crippen molar-refractivity contribution in [2.75, 3.05) is 31.6 Å². The molecule has 2 unspecified atom stereocenters. The van der Waals surface area contributed by atoms with Gasteiger partial charge in [0.05, 0.1) is 6.61 Å². The Kier molecular flexibility index (Phi) is 3.37. The van der Waals surface area contributed by atoms with Crippen molar-refractivity contribution in [3.8, 4) is 0 Å². The maximum atomic E-state index is 12.3. The maximum absolute atomic E-state index is 12.3. The summed E-state index contributed by atoms with van der Waals surface area (Å²) in [5, 5.41) is 6.94. The molecule has 22 heavy (non-hydrogen) atoms. The number of rotatable bonds is 1. The van der Waals surface area contributed by atoms with Crippen molar-refractivity contribution in [2.45, 2.75) is 25.8 Å². The van der Waals surface area contributed by atoms with Crippen LogP contribution in [0, 0.1) is 11.8 Å². The van der Waals surface area contributed by atoms with Crippen molar-refractivity contribution < 1.29 is 14.3 Å². The van der Waals surface area contributed by atoms with Crippen molar-refractivity contribution in [3.63, 3.8) is 0 Å². The molecule has 7 nitrogen and oxygen atoms in total. The van der Waals surface area contributed by atoms with Gasteiger partial charge in [-0.25, -0.2) is 0 Å². The van der Waals surface area contributed by atoms with Gasteiger partial charge in [-0.15, -0.1) is 0 Å². The summed E-state index contributed by atoms with van der Waals surface area (Å²) in [7, 11) is 0. The Hall–Kier alpha value is -1.89. The van der Waals surface area contributed by atoms with Gasteiger partial charge in [0, 0.05) is 43.9 Å². The zero-order valence-electron chi connectivity index (χ0n) is 12.5. The molecule has 3 aliphatic rings. The first-order chi connectivity index (χ1) is 10.7. The molecule has 0 spiro atoms. The van der Waals surface area contributed by atoms with Gasteiger partial charge in [-0.2, -0.15) is 5.10 Å². The average Bonchev–Trinajstić information content (AvgIpc) is 3.20. The summed E-state index contributed by atoms with van der Waals surface area (Å²) in [5.74, 6) is 0.352. The van der Waals surface area contributed by atoms with Gasteiger partial charge < -0.3 is 15.0 Å². The van der Waals surface area contributed by atoms with Crippen LogP contribution in [0.5, 0.6) is 0 Å². The Morgan fingerprint density at radius 1 is 1.27 bits per heavy atom. The predicted molar refractivity (Wildman–Crippen MR) is 78.2 cm³/mol. The van der Waals surface area contributed by atoms with E-state index in [9.17, 15) is 9.59 Å². The quantitative estimate of drug-likeness (QED) is 0.755. The van der Waals surface area contributed by atoms with Gasteiger partial charge >= 0.3 is 11.8 Å². The monoisotopic (exact) mass is 304 g/mol. The third-order valence-corrected chi connectivity index (χ3v) is 4.94. The zero-order valence-corrected chi connectivity index (χ0v) is 12.5. The average molecular weight is 304 g/mol. The van der Waals surface area contributed by atoms with Gasteiger partial charge in [0.25, 0.3) is 0 Å². The molecule has 1 aromatic rings. The van der Waals surface area contributed by atoms with Gasteiger partial charge in [0.1, 0.15) is 0 Å². The second-order valence-corrected chi connectivity index (χ2v) is 6.40. The van der Waals surface area contributed by atoms with E-state index < -0.39 is 11.8 Å². The minimum absolute atomic E-state index is 0.377. The number of amides is 2. The molecule has 1 N–H and O–H groups in total. The van der Waals surface area contributed by atoms with E-state index in [-0.39, 0.29) is 0 Å². The predicted octanol–water partition coefficient (Wildman–Crippen LogP) is 0.263. The van der Waals surface area contributed by atoms with Crippen LogP contribution in [0.4, 0.5) is 5.82 Å². The van der Waals surface area contributed by atoms with E-state index in [0.717, 1.165) is 38.1 Å². The summed E-state index contributed by atoms with van der Waals surface area (Å²) < 4.78 is 7.35. The summed E-state index contributed by atoms with van der Waals surface area (Å²) in [6.07, 6.45) is 2.99. The van der Waals surface area contributed by atoms with Crippen LogP contribution < -0.4 is 5.32 Å². The SMILES string of the molecule is O=C(Nc1cc2n(n1)CCC2)C(=O)N1CCC2COCC2C1. The van der Waals surface area contributed by atoms with Crippen molar-refractivity contribution in [2.24, 2.45) is 11.8 Å². The van der Waals surface area contributed by atoms with Crippen LogP contribution in [-0.2, 0) is 27.3 Å². The fourth-order valence-corrected chi connectivity index (χ4v) is 3.68. The highest BCUT2D eigenvalue weighted by atomic mass is 16.5. The Balaban J connectivity index is 1.38. The minimum atomic E-state index is -0.589. The number of likely N-dealkylation sites (tertiary alicyclic amines) is 1. The van der Waals surface area contributed by atoms with E-state index in [4.69, 9.17) is 4.74 Å². The largest absolute Gasteiger partial charge is 0.381 e. The lowest BCUT2D eigenvalue weighted by atomic mass is 9.88. The van der Waals surface area contributed by atoms with E-state index in [2.05, 4.69) is 10.4 Å². The van der Waals surface area contributed by atoms with Gasteiger partial charge in [-0.1, -0.05) is 0 Å². The van der Waals surface area contributed by atoms with Gasteiger partial charge in [-0.05, 0) is 25.2 Å². The van der Waals surface area contributed by atoms with Gasteiger partial charge in [0.2, 0.25) is 0 Å². The first-order valence-electron chi connectivity index (χ1n) is 7.95. The summed E-state index contributed by atoms with van der Waals surface area (Å²) >= 11 is 0. The molecule has 3 aliphatic heterocycles. The van der Waals surface area contributed by atoms with E-state index in [1.807, 2.05) is 10.7 Å². The molecule has 1 aromatic heterocycles. The third kappa shape index (κ3) is 2.39. The standard InChI is InChI=1S/C15H20N4O3/c20-14(16-13-6-12-2-1-4-19(12)17-13)15(21)18-5-3-10-8-22-9-11(10)7-18/h6,10-11H,1-5,7-9H2,(H,16,17,20). The number of piperidine rings is 1. The normalized spacial score (nSPS) is 26.6. The molecule has 0 aliphatic carbocycles. The molecular weight excluding hydrogens is 284 g/mol. The smallest absolute Gasteiger partial charge is 0.315 e. The molecule has 118 valence electrons. The number of anilines is 1. The summed E-state index contributed by atoms with van der Waals surface area (Å²) in [6, 6.07) is 1.86. The lowest BCUT2D eigenvalue weighted by Gasteiger charge is -2.33. The molecule has 7 heteroatoms. The fourth-order valence-electron chi connectivity index (χ4n) is 3.68. The van der Waals surface area contributed by atoms with E-state index in [1.165, 1.54) is 0 Å². The topological polar surface area (TPSA) is 76.5 Å². The van der Waals surface area contributed by atoms with Crippen LogP contribution >= 0.6 is 0 Å². The van der Waals surface area contributed by atoms with Crippen LogP contribution in [0.1, 0.15) is 18.5 Å². The Morgan fingerprint density at radius 2 is 2.14 bits per heavy atom. The van der Waals surface area contributed by atoms with Crippen molar-refractivity contribution >= 4 is 17.6 Å². The molecule has 0 saturated carbocycles. The van der Waals surface area contributed by atoms with Crippen molar-refractivity contribution in [3.05, 3.63) is 11.8 Å². The number of fused-ring (bicyclic) bond motifs is 2. The molecule has 0 bridgehead atoms. The number of aromatic nitrogens is 2. The fraction of sp³-hybridized carbons (Fsp3) is 0.667. The highest BCUT2D eigenvalue weighted by Crippen LogP contribution is 2.29. The van der Waals surface area contributed by atoms with E-state index in [1.54, 1.807) is 4.90 Å². The Labute approximate surface area is 128 Å². The van der Waals surface area contributed by atoms with E-state index >= 15 is 0 Å². The number of hydrogen-bond donors (Lipinski definition) is 1. The number of carbonyl (C=O) groups is 2. The van der Waals surface area contributed by atoms with E-state index in [0.29, 0.717) is 37.4 Å². The lowest BCUT2D eigenvalue weighted by molar-refractivity contribution is -0.144. The molecular formula is C15H20N4O3. The minimum Gasteiger partial charge on any atom is -0.381 e. The first kappa shape index (κ1) is 13.8. The van der Waals surface area contributed by atoms with Crippen LogP contribution in [0.2, 0.25) is 0 Å². The number of nitrogens with one attached hydrogen (secondary N) is 1. The zero-order chi connectivity index (χ0) is 15.1. The molecule has 4 heterocycles. The van der Waals surface area contributed by atoms with Crippen LogP contribution in [0.3, 0.4) is 0 Å². The van der Waals surface area contributed by atoms with Crippen LogP contribution in [-0.4, -0.2) is 52.8 Å². The second kappa shape index (κ2) is 5.39. The third-order valence-electron chi connectivity index (χ3n) is 4.94. The number of carbonyl (C=O) groups excluding carboxylic acids is 2. The highest BCUT2D eigenvalue weighted by Gasteiger charge is 2.37. The highest BCUT2D eigenvalue weighted by molar-refractivity contribution is 6.39. The summed E-state index contributed by atoms with van der Waals surface area (Å²) in [6.45, 7) is 3.63. The number of hydrogen-bond acceptors (Lipinski definition) is 4. The van der Waals surface area contributed by atoms with Crippen LogP contribution in [0.25, 0.3) is 0 Å². The lowest BCUT2D eigenvalue weighted by Crippen LogP contribution is -2.47. The molecule has 0 aromatic carbocycles. The number of nitrogens with zero attached hydrogens (tertiary/aromatic N) is 3. The molecule has 2 amide bonds. The van der Waals surface area contributed by atoms with Crippen LogP contribution in [0.15, 0.2) is 6.07 Å². The summed E-state index contributed by atoms with van der Waals surface area (Å²) in [5.41, 5.74) is 1.12. The Morgan fingerprint density at radius 3 is 3.00 bits per heavy atom. The first-order valence-corrected chi connectivity index (χ1v) is 7.95. The molecule has 2 fully saturated rings. The summed E-state index contributed by atoms with van der Waals surface area (Å²) in [4.78, 5) is 26.1. The van der Waals surface area contributed by atoms with Gasteiger partial charge in [-0.3, -0.25) is 14.3 Å². The van der Waals surface area contributed by atoms with Crippen molar-refractivity contribution in [1.29, 1.82) is 0 Å². The second-order valence-electron chi connectivity index (χ2n) is 6.40. The molecule has 2 atom stereocenters. The van der Waals surface area contributed by atoms with Crippen molar-refractivity contribution in [1.82, 2.24) is 14.7 Å². The molecule has 0 radical (unpaired) electrons. The number of ether oxygens (including phenoxy) is 1. The number of aryl methyl sites for hydroxylation is 2. The Bertz CT molecular complexity index is 590. The molecule has 2 saturated heterocycles. The maximum Gasteiger partial charge on any atom is 0.315 e. The van der Waals surface area contributed by atoms with Gasteiger partial charge in [0.15, 0.2) is 5.82 Å².